The standard InChI is InChI=1S/C17H18/c1-2-13-4-3-5-14(10-13)11-15-6-7-16-8-9-17(16)12-15/h2,4,6-7,10,12H,1,3,5,8-9,11H2. The first-order valence-electron chi connectivity index (χ1n) is 6.48. The average Bonchev–Trinajstić information content (AvgIpc) is 2.33. The largest absolute Gasteiger partial charge is 0.0985 e. The van der Waals surface area contributed by atoms with Gasteiger partial charge in [0.05, 0.1) is 0 Å². The maximum Gasteiger partial charge on any atom is -0.00636 e. The Kier molecular flexibility index (Phi) is 2.72. The third kappa shape index (κ3) is 2.12. The van der Waals surface area contributed by atoms with E-state index in [0.29, 0.717) is 0 Å². The molecule has 0 amide bonds. The van der Waals surface area contributed by atoms with Crippen LogP contribution >= 0.6 is 0 Å². The van der Waals surface area contributed by atoms with Gasteiger partial charge < -0.3 is 0 Å². The molecule has 0 radical (unpaired) electrons. The van der Waals surface area contributed by atoms with Crippen LogP contribution in [0, 0.1) is 0 Å². The minimum Gasteiger partial charge on any atom is -0.0985 e. The highest BCUT2D eigenvalue weighted by atomic mass is 14.2. The fourth-order valence-electron chi connectivity index (χ4n) is 2.69. The molecular formula is C17H18. The van der Waals surface area contributed by atoms with Crippen molar-refractivity contribution in [1.29, 1.82) is 0 Å². The van der Waals surface area contributed by atoms with Crippen molar-refractivity contribution >= 4 is 0 Å². The minimum atomic E-state index is 1.11. The van der Waals surface area contributed by atoms with Crippen LogP contribution in [0.1, 0.15) is 29.5 Å². The summed E-state index contributed by atoms with van der Waals surface area (Å²) in [5.74, 6) is 0. The van der Waals surface area contributed by atoms with Crippen molar-refractivity contribution in [3.05, 3.63) is 70.8 Å². The van der Waals surface area contributed by atoms with Crippen LogP contribution in [0.4, 0.5) is 0 Å². The highest BCUT2D eigenvalue weighted by molar-refractivity contribution is 5.42. The van der Waals surface area contributed by atoms with Crippen LogP contribution in [0.3, 0.4) is 0 Å². The second-order valence-corrected chi connectivity index (χ2v) is 5.03. The number of aryl methyl sites for hydroxylation is 2. The molecule has 86 valence electrons. The third-order valence-corrected chi connectivity index (χ3v) is 3.82. The lowest BCUT2D eigenvalue weighted by molar-refractivity contribution is 0.830. The normalized spacial score (nSPS) is 17.6. The summed E-state index contributed by atoms with van der Waals surface area (Å²) in [5, 5.41) is 0. The fraction of sp³-hybridized carbons (Fsp3) is 0.294. The van der Waals surface area contributed by atoms with Crippen LogP contribution < -0.4 is 0 Å². The SMILES string of the molecule is C=CC1=CCCC(Cc2ccc3c(c2)CC3)=C1. The molecule has 17 heavy (non-hydrogen) atoms. The molecule has 2 aliphatic carbocycles. The van der Waals surface area contributed by atoms with E-state index in [9.17, 15) is 0 Å². The molecule has 0 N–H and O–H groups in total. The summed E-state index contributed by atoms with van der Waals surface area (Å²) < 4.78 is 0. The smallest absolute Gasteiger partial charge is 0.00636 e. The van der Waals surface area contributed by atoms with E-state index in [1.54, 1.807) is 16.7 Å². The predicted octanol–water partition coefficient (Wildman–Crippen LogP) is 4.16. The molecule has 1 aromatic carbocycles. The third-order valence-electron chi connectivity index (χ3n) is 3.82. The summed E-state index contributed by atoms with van der Waals surface area (Å²) in [4.78, 5) is 0. The number of rotatable bonds is 3. The van der Waals surface area contributed by atoms with Gasteiger partial charge in [-0.15, -0.1) is 0 Å². The van der Waals surface area contributed by atoms with Gasteiger partial charge in [0.15, 0.2) is 0 Å². The van der Waals surface area contributed by atoms with Crippen LogP contribution in [0.5, 0.6) is 0 Å². The van der Waals surface area contributed by atoms with E-state index < -0.39 is 0 Å². The Morgan fingerprint density at radius 3 is 2.71 bits per heavy atom. The quantitative estimate of drug-likeness (QED) is 0.720. The first-order chi connectivity index (χ1) is 8.35. The van der Waals surface area contributed by atoms with E-state index in [0.717, 1.165) is 12.8 Å². The van der Waals surface area contributed by atoms with E-state index in [-0.39, 0.29) is 0 Å². The van der Waals surface area contributed by atoms with Crippen LogP contribution in [0.2, 0.25) is 0 Å². The van der Waals surface area contributed by atoms with Crippen LogP contribution in [0.25, 0.3) is 0 Å². The van der Waals surface area contributed by atoms with E-state index in [1.807, 2.05) is 6.08 Å². The van der Waals surface area contributed by atoms with Gasteiger partial charge in [-0.2, -0.15) is 0 Å². The monoisotopic (exact) mass is 222 g/mol. The highest BCUT2D eigenvalue weighted by Gasteiger charge is 2.13. The highest BCUT2D eigenvalue weighted by Crippen LogP contribution is 2.26. The molecule has 0 nitrogen and oxygen atoms in total. The predicted molar refractivity (Wildman–Crippen MR) is 73.2 cm³/mol. The zero-order valence-electron chi connectivity index (χ0n) is 10.2. The molecule has 0 aliphatic heterocycles. The molecule has 0 fully saturated rings. The van der Waals surface area contributed by atoms with Gasteiger partial charge >= 0.3 is 0 Å². The lowest BCUT2D eigenvalue weighted by Gasteiger charge is -2.20. The molecule has 2 aliphatic rings. The van der Waals surface area contributed by atoms with Crippen LogP contribution in [-0.4, -0.2) is 0 Å². The molecule has 0 atom stereocenters. The second-order valence-electron chi connectivity index (χ2n) is 5.03. The lowest BCUT2D eigenvalue weighted by atomic mass is 9.85. The van der Waals surface area contributed by atoms with Crippen LogP contribution in [-0.2, 0) is 19.3 Å². The molecule has 0 heteroatoms. The Labute approximate surface area is 103 Å². The summed E-state index contributed by atoms with van der Waals surface area (Å²) >= 11 is 0. The van der Waals surface area contributed by atoms with Gasteiger partial charge in [-0.25, -0.2) is 0 Å². The maximum atomic E-state index is 3.85. The van der Waals surface area contributed by atoms with Crippen molar-refractivity contribution in [3.63, 3.8) is 0 Å². The zero-order valence-corrected chi connectivity index (χ0v) is 10.2. The summed E-state index contributed by atoms with van der Waals surface area (Å²) in [7, 11) is 0. The molecule has 0 saturated carbocycles. The fourth-order valence-corrected chi connectivity index (χ4v) is 2.69. The number of hydrogen-bond acceptors (Lipinski definition) is 0. The average molecular weight is 222 g/mol. The number of fused-ring (bicyclic) bond motifs is 1. The second kappa shape index (κ2) is 4.37. The summed E-state index contributed by atoms with van der Waals surface area (Å²) in [6.07, 6.45) is 12.6. The summed E-state index contributed by atoms with van der Waals surface area (Å²) in [5.41, 5.74) is 7.42. The Bertz CT molecular complexity index is 515. The van der Waals surface area contributed by atoms with Gasteiger partial charge in [0, 0.05) is 0 Å². The van der Waals surface area contributed by atoms with Crippen LogP contribution in [0.15, 0.2) is 54.2 Å². The molecule has 0 unspecified atom stereocenters. The molecule has 0 saturated heterocycles. The van der Waals surface area contributed by atoms with E-state index in [4.69, 9.17) is 0 Å². The van der Waals surface area contributed by atoms with Gasteiger partial charge in [-0.1, -0.05) is 48.6 Å². The lowest BCUT2D eigenvalue weighted by Crippen LogP contribution is -2.08. The van der Waals surface area contributed by atoms with Crippen molar-refractivity contribution < 1.29 is 0 Å². The Hall–Kier alpha value is -1.56. The first-order valence-corrected chi connectivity index (χ1v) is 6.48. The minimum absolute atomic E-state index is 1.11. The van der Waals surface area contributed by atoms with Gasteiger partial charge in [-0.3, -0.25) is 0 Å². The Morgan fingerprint density at radius 2 is 2.00 bits per heavy atom. The van der Waals surface area contributed by atoms with Gasteiger partial charge in [-0.05, 0) is 54.4 Å². The molecule has 0 spiro atoms. The first kappa shape index (κ1) is 10.6. The van der Waals surface area contributed by atoms with Crippen molar-refractivity contribution in [2.24, 2.45) is 0 Å². The van der Waals surface area contributed by atoms with Gasteiger partial charge in [0.2, 0.25) is 0 Å². The Morgan fingerprint density at radius 1 is 1.12 bits per heavy atom. The molecule has 1 aromatic rings. The van der Waals surface area contributed by atoms with E-state index in [1.165, 1.54) is 30.4 Å². The van der Waals surface area contributed by atoms with Crippen molar-refractivity contribution in [2.75, 3.05) is 0 Å². The van der Waals surface area contributed by atoms with Crippen molar-refractivity contribution in [1.82, 2.24) is 0 Å². The van der Waals surface area contributed by atoms with Gasteiger partial charge in [0.25, 0.3) is 0 Å². The number of hydrogen-bond donors (Lipinski definition) is 0. The maximum absolute atomic E-state index is 3.85. The van der Waals surface area contributed by atoms with E-state index >= 15 is 0 Å². The Balaban J connectivity index is 1.78. The summed E-state index contributed by atoms with van der Waals surface area (Å²) in [6, 6.07) is 7.00. The van der Waals surface area contributed by atoms with Gasteiger partial charge in [0.1, 0.15) is 0 Å². The van der Waals surface area contributed by atoms with Crippen molar-refractivity contribution in [3.8, 4) is 0 Å². The molecule has 0 bridgehead atoms. The zero-order chi connectivity index (χ0) is 11.7. The molecule has 3 rings (SSSR count). The summed E-state index contributed by atoms with van der Waals surface area (Å²) in [6.45, 7) is 3.85. The number of allylic oxidation sites excluding steroid dienone is 5. The molecular weight excluding hydrogens is 204 g/mol. The molecule has 0 aromatic heterocycles. The van der Waals surface area contributed by atoms with Crippen molar-refractivity contribution in [2.45, 2.75) is 32.1 Å². The number of benzene rings is 1. The van der Waals surface area contributed by atoms with E-state index in [2.05, 4.69) is 36.9 Å². The molecule has 0 heterocycles. The topological polar surface area (TPSA) is 0 Å².